The van der Waals surface area contributed by atoms with E-state index in [4.69, 9.17) is 21.4 Å². The molecule has 0 saturated heterocycles. The Balaban J connectivity index is 1.89. The quantitative estimate of drug-likeness (QED) is 0.384. The summed E-state index contributed by atoms with van der Waals surface area (Å²) in [5.41, 5.74) is 1.24. The first kappa shape index (κ1) is 27.7. The maximum atomic E-state index is 13.4. The Morgan fingerprint density at radius 3 is 2.31 bits per heavy atom. The molecule has 1 heterocycles. The van der Waals surface area contributed by atoms with Gasteiger partial charge in [-0.2, -0.15) is 9.40 Å². The van der Waals surface area contributed by atoms with Gasteiger partial charge in [0.15, 0.2) is 0 Å². The Bertz CT molecular complexity index is 1280. The third-order valence-electron chi connectivity index (χ3n) is 5.59. The molecule has 0 radical (unpaired) electrons. The zero-order valence-corrected chi connectivity index (χ0v) is 22.9. The number of unbranched alkanes of at least 4 members (excludes halogenated alkanes) is 1. The number of nitrogens with one attached hydrogen (secondary N) is 1. The van der Waals surface area contributed by atoms with E-state index in [9.17, 15) is 13.2 Å². The topological polar surface area (TPSA) is 93.5 Å². The van der Waals surface area contributed by atoms with Crippen molar-refractivity contribution in [1.29, 1.82) is 0 Å². The van der Waals surface area contributed by atoms with Crippen molar-refractivity contribution in [3.8, 4) is 11.4 Å². The van der Waals surface area contributed by atoms with E-state index in [-0.39, 0.29) is 23.4 Å². The monoisotopic (exact) mass is 532 g/mol. The van der Waals surface area contributed by atoms with Crippen LogP contribution in [0.4, 0.5) is 5.82 Å². The average Bonchev–Trinajstić information content (AvgIpc) is 3.26. The fourth-order valence-electron chi connectivity index (χ4n) is 3.47. The molecule has 10 heteroatoms. The minimum absolute atomic E-state index is 0.105. The molecule has 36 heavy (non-hydrogen) atoms. The molecule has 1 N–H and O–H groups in total. The molecule has 8 nitrogen and oxygen atoms in total. The minimum atomic E-state index is -3.89. The lowest BCUT2D eigenvalue weighted by atomic mass is 9.92. The number of anilines is 1. The van der Waals surface area contributed by atoms with Crippen LogP contribution < -0.4 is 10.1 Å². The van der Waals surface area contributed by atoms with E-state index < -0.39 is 15.9 Å². The molecule has 0 saturated carbocycles. The lowest BCUT2D eigenvalue weighted by Crippen LogP contribution is -2.38. The maximum absolute atomic E-state index is 13.4. The van der Waals surface area contributed by atoms with E-state index in [1.54, 1.807) is 47.1 Å². The molecule has 2 aromatic carbocycles. The Morgan fingerprint density at radius 2 is 1.75 bits per heavy atom. The number of halogens is 1. The standard InChI is InChI=1S/C26H33ClN4O4S/c1-6-7-16-30(36(33,34)22-14-12-21(35-5)13-15-22)18-25(32)28-24-17-23(26(2,3)4)29-31(24)20-10-8-19(27)9-11-20/h8-15,17H,6-7,16,18H2,1-5H3,(H,28,32). The largest absolute Gasteiger partial charge is 0.497 e. The van der Waals surface area contributed by atoms with Crippen molar-refractivity contribution in [3.63, 3.8) is 0 Å². The van der Waals surface area contributed by atoms with Crippen molar-refractivity contribution >= 4 is 33.3 Å². The summed E-state index contributed by atoms with van der Waals surface area (Å²) in [5, 5.41) is 8.14. The summed E-state index contributed by atoms with van der Waals surface area (Å²) < 4.78 is 34.7. The second-order valence-corrected chi connectivity index (χ2v) is 11.8. The molecule has 0 aliphatic carbocycles. The van der Waals surface area contributed by atoms with Gasteiger partial charge < -0.3 is 10.1 Å². The van der Waals surface area contributed by atoms with E-state index >= 15 is 0 Å². The van der Waals surface area contributed by atoms with Gasteiger partial charge >= 0.3 is 0 Å². The van der Waals surface area contributed by atoms with Crippen molar-refractivity contribution in [2.75, 3.05) is 25.5 Å². The summed E-state index contributed by atoms with van der Waals surface area (Å²) in [6.45, 7) is 7.95. The number of ether oxygens (including phenoxy) is 1. The highest BCUT2D eigenvalue weighted by atomic mass is 35.5. The lowest BCUT2D eigenvalue weighted by Gasteiger charge is -2.22. The molecule has 194 valence electrons. The lowest BCUT2D eigenvalue weighted by molar-refractivity contribution is -0.116. The van der Waals surface area contributed by atoms with Crippen LogP contribution >= 0.6 is 11.6 Å². The zero-order chi connectivity index (χ0) is 26.5. The molecule has 0 bridgehead atoms. The van der Waals surface area contributed by atoms with Crippen LogP contribution in [0.3, 0.4) is 0 Å². The van der Waals surface area contributed by atoms with E-state index in [1.165, 1.54) is 23.5 Å². The number of aromatic nitrogens is 2. The van der Waals surface area contributed by atoms with Gasteiger partial charge in [-0.3, -0.25) is 4.79 Å². The molecular formula is C26H33ClN4O4S. The second kappa shape index (κ2) is 11.5. The van der Waals surface area contributed by atoms with Gasteiger partial charge in [-0.05, 0) is 55.0 Å². The number of sulfonamides is 1. The minimum Gasteiger partial charge on any atom is -0.497 e. The van der Waals surface area contributed by atoms with Gasteiger partial charge in [0.1, 0.15) is 11.6 Å². The first-order chi connectivity index (χ1) is 17.0. The highest BCUT2D eigenvalue weighted by Gasteiger charge is 2.27. The number of benzene rings is 2. The van der Waals surface area contributed by atoms with Crippen LogP contribution in [0.2, 0.25) is 5.02 Å². The van der Waals surface area contributed by atoms with Gasteiger partial charge in [0.25, 0.3) is 0 Å². The van der Waals surface area contributed by atoms with Crippen molar-refractivity contribution < 1.29 is 17.9 Å². The number of carbonyl (C=O) groups excluding carboxylic acids is 1. The normalized spacial score (nSPS) is 12.1. The van der Waals surface area contributed by atoms with Crippen molar-refractivity contribution in [2.45, 2.75) is 50.8 Å². The van der Waals surface area contributed by atoms with E-state index in [0.717, 1.165) is 17.8 Å². The van der Waals surface area contributed by atoms with Crippen LogP contribution in [-0.2, 0) is 20.2 Å². The number of nitrogens with zero attached hydrogens (tertiary/aromatic N) is 3. The first-order valence-corrected chi connectivity index (χ1v) is 13.6. The molecule has 1 aromatic heterocycles. The van der Waals surface area contributed by atoms with Gasteiger partial charge in [-0.25, -0.2) is 13.1 Å². The van der Waals surface area contributed by atoms with Crippen LogP contribution in [0.25, 0.3) is 5.69 Å². The molecule has 1 amide bonds. The molecule has 3 rings (SSSR count). The fourth-order valence-corrected chi connectivity index (χ4v) is 5.03. The predicted octanol–water partition coefficient (Wildman–Crippen LogP) is 5.26. The molecule has 0 atom stereocenters. The van der Waals surface area contributed by atoms with Gasteiger partial charge in [-0.15, -0.1) is 0 Å². The van der Waals surface area contributed by atoms with E-state index in [1.807, 2.05) is 27.7 Å². The smallest absolute Gasteiger partial charge is 0.243 e. The maximum Gasteiger partial charge on any atom is 0.243 e. The first-order valence-electron chi connectivity index (χ1n) is 11.8. The Kier molecular flexibility index (Phi) is 8.81. The van der Waals surface area contributed by atoms with E-state index in [2.05, 4.69) is 5.32 Å². The molecule has 3 aromatic rings. The zero-order valence-electron chi connectivity index (χ0n) is 21.3. The molecule has 0 aliphatic rings. The number of methoxy groups -OCH3 is 1. The Morgan fingerprint density at radius 1 is 1.11 bits per heavy atom. The van der Waals surface area contributed by atoms with Gasteiger partial charge in [-0.1, -0.05) is 45.7 Å². The molecule has 0 fully saturated rings. The van der Waals surface area contributed by atoms with Crippen molar-refractivity contribution in [1.82, 2.24) is 14.1 Å². The van der Waals surface area contributed by atoms with Crippen molar-refractivity contribution in [2.24, 2.45) is 0 Å². The summed E-state index contributed by atoms with van der Waals surface area (Å²) in [7, 11) is -2.38. The number of hydrogen-bond donors (Lipinski definition) is 1. The van der Waals surface area contributed by atoms with Crippen LogP contribution in [0.15, 0.2) is 59.5 Å². The molecule has 0 spiro atoms. The molecule has 0 aliphatic heterocycles. The second-order valence-electron chi connectivity index (χ2n) is 9.47. The number of rotatable bonds is 10. The highest BCUT2D eigenvalue weighted by molar-refractivity contribution is 7.89. The van der Waals surface area contributed by atoms with Crippen LogP contribution in [0, 0.1) is 0 Å². The third-order valence-corrected chi connectivity index (χ3v) is 7.71. The van der Waals surface area contributed by atoms with Crippen LogP contribution in [0.5, 0.6) is 5.75 Å². The summed E-state index contributed by atoms with van der Waals surface area (Å²) in [6.07, 6.45) is 1.41. The number of hydrogen-bond acceptors (Lipinski definition) is 5. The van der Waals surface area contributed by atoms with E-state index in [0.29, 0.717) is 23.0 Å². The van der Waals surface area contributed by atoms with Crippen molar-refractivity contribution in [3.05, 3.63) is 65.3 Å². The molecule has 0 unspecified atom stereocenters. The number of amides is 1. The van der Waals surface area contributed by atoms with Gasteiger partial charge in [0.2, 0.25) is 15.9 Å². The van der Waals surface area contributed by atoms with Crippen LogP contribution in [-0.4, -0.2) is 48.6 Å². The van der Waals surface area contributed by atoms with Gasteiger partial charge in [0.05, 0.1) is 29.9 Å². The Labute approximate surface area is 218 Å². The molecular weight excluding hydrogens is 500 g/mol. The summed E-state index contributed by atoms with van der Waals surface area (Å²) in [6, 6.07) is 15.0. The summed E-state index contributed by atoms with van der Waals surface area (Å²) >= 11 is 6.04. The predicted molar refractivity (Wildman–Crippen MR) is 143 cm³/mol. The van der Waals surface area contributed by atoms with Crippen LogP contribution in [0.1, 0.15) is 46.2 Å². The average molecular weight is 533 g/mol. The number of carbonyl (C=O) groups is 1. The SMILES string of the molecule is CCCCN(CC(=O)Nc1cc(C(C)(C)C)nn1-c1ccc(Cl)cc1)S(=O)(=O)c1ccc(OC)cc1. The highest BCUT2D eigenvalue weighted by Crippen LogP contribution is 2.27. The summed E-state index contributed by atoms with van der Waals surface area (Å²) in [5.74, 6) is 0.542. The fraction of sp³-hybridized carbons (Fsp3) is 0.385. The third kappa shape index (κ3) is 6.66. The summed E-state index contributed by atoms with van der Waals surface area (Å²) in [4.78, 5) is 13.3. The van der Waals surface area contributed by atoms with Gasteiger partial charge in [0, 0.05) is 23.0 Å². The Hall–Kier alpha value is -2.88.